The van der Waals surface area contributed by atoms with Gasteiger partial charge in [-0.05, 0) is 11.1 Å². The molecular weight excluding hydrogens is 172 g/mol. The van der Waals surface area contributed by atoms with E-state index in [-0.39, 0.29) is 0 Å². The summed E-state index contributed by atoms with van der Waals surface area (Å²) in [6.07, 6.45) is 1.44. The minimum absolute atomic E-state index is 0.558. The molecule has 0 saturated carbocycles. The quantitative estimate of drug-likeness (QED) is 0.514. The fourth-order valence-electron chi connectivity index (χ4n) is 0.880. The van der Waals surface area contributed by atoms with E-state index in [2.05, 4.69) is 6.58 Å². The van der Waals surface area contributed by atoms with Crippen molar-refractivity contribution in [2.45, 2.75) is 12.5 Å². The van der Waals surface area contributed by atoms with Gasteiger partial charge >= 0.3 is 0 Å². The van der Waals surface area contributed by atoms with Crippen LogP contribution in [0, 0.1) is 0 Å². The van der Waals surface area contributed by atoms with Gasteiger partial charge in [0.25, 0.3) is 0 Å². The summed E-state index contributed by atoms with van der Waals surface area (Å²) in [7, 11) is 0. The zero-order valence-corrected chi connectivity index (χ0v) is 7.55. The van der Waals surface area contributed by atoms with E-state index in [1.807, 2.05) is 24.3 Å². The Morgan fingerprint density at radius 3 is 2.33 bits per heavy atom. The molecule has 0 spiro atoms. The van der Waals surface area contributed by atoms with Crippen molar-refractivity contribution in [3.8, 4) is 0 Å². The summed E-state index contributed by atoms with van der Waals surface area (Å²) in [5.41, 5.74) is 2.25. The van der Waals surface area contributed by atoms with E-state index >= 15 is 0 Å². The van der Waals surface area contributed by atoms with Gasteiger partial charge in [0, 0.05) is 5.88 Å². The van der Waals surface area contributed by atoms with Gasteiger partial charge in [0.1, 0.15) is 6.61 Å². The lowest BCUT2D eigenvalue weighted by atomic mass is 10.2. The van der Waals surface area contributed by atoms with Crippen molar-refractivity contribution >= 4 is 11.6 Å². The van der Waals surface area contributed by atoms with Crippen LogP contribution < -0.4 is 0 Å². The Kier molecular flexibility index (Phi) is 3.68. The van der Waals surface area contributed by atoms with Gasteiger partial charge in [0.05, 0.1) is 6.26 Å². The van der Waals surface area contributed by atoms with E-state index in [4.69, 9.17) is 16.3 Å². The van der Waals surface area contributed by atoms with Crippen molar-refractivity contribution in [2.75, 3.05) is 0 Å². The molecule has 0 saturated heterocycles. The Bertz CT molecular complexity index is 241. The van der Waals surface area contributed by atoms with Gasteiger partial charge in [-0.3, -0.25) is 0 Å². The van der Waals surface area contributed by atoms with E-state index in [0.29, 0.717) is 12.5 Å². The molecule has 0 N–H and O–H groups in total. The second kappa shape index (κ2) is 4.83. The van der Waals surface area contributed by atoms with Crippen LogP contribution in [0.2, 0.25) is 0 Å². The largest absolute Gasteiger partial charge is 0.497 e. The molecule has 0 heterocycles. The van der Waals surface area contributed by atoms with E-state index < -0.39 is 0 Å². The van der Waals surface area contributed by atoms with Gasteiger partial charge in [-0.1, -0.05) is 30.8 Å². The van der Waals surface area contributed by atoms with Crippen LogP contribution in [0.5, 0.6) is 0 Å². The smallest absolute Gasteiger partial charge is 0.112 e. The Balaban J connectivity index is 2.58. The number of alkyl halides is 1. The van der Waals surface area contributed by atoms with Crippen molar-refractivity contribution in [1.82, 2.24) is 0 Å². The van der Waals surface area contributed by atoms with Crippen molar-refractivity contribution in [3.63, 3.8) is 0 Å². The topological polar surface area (TPSA) is 9.23 Å². The fraction of sp³-hybridized carbons (Fsp3) is 0.200. The lowest BCUT2D eigenvalue weighted by Gasteiger charge is -2.01. The van der Waals surface area contributed by atoms with Crippen LogP contribution in [-0.4, -0.2) is 0 Å². The van der Waals surface area contributed by atoms with E-state index in [9.17, 15) is 0 Å². The summed E-state index contributed by atoms with van der Waals surface area (Å²) in [6.45, 7) is 4.04. The van der Waals surface area contributed by atoms with Gasteiger partial charge in [-0.25, -0.2) is 0 Å². The Labute approximate surface area is 77.6 Å². The normalized spacial score (nSPS) is 9.42. The molecular formula is C10H11ClO. The number of ether oxygens (including phenoxy) is 1. The van der Waals surface area contributed by atoms with Crippen LogP contribution in [0.25, 0.3) is 0 Å². The third kappa shape index (κ3) is 2.59. The average molecular weight is 183 g/mol. The van der Waals surface area contributed by atoms with Crippen LogP contribution in [-0.2, 0) is 17.2 Å². The van der Waals surface area contributed by atoms with Crippen LogP contribution in [0.3, 0.4) is 0 Å². The van der Waals surface area contributed by atoms with Crippen LogP contribution in [0.4, 0.5) is 0 Å². The maximum absolute atomic E-state index is 5.64. The summed E-state index contributed by atoms with van der Waals surface area (Å²) in [4.78, 5) is 0. The van der Waals surface area contributed by atoms with Crippen molar-refractivity contribution in [3.05, 3.63) is 48.2 Å². The zero-order valence-electron chi connectivity index (χ0n) is 6.79. The average Bonchev–Trinajstić information content (AvgIpc) is 2.15. The zero-order chi connectivity index (χ0) is 8.81. The molecule has 64 valence electrons. The number of hydrogen-bond donors (Lipinski definition) is 0. The summed E-state index contributed by atoms with van der Waals surface area (Å²) in [6, 6.07) is 7.99. The molecule has 0 bridgehead atoms. The highest BCUT2D eigenvalue weighted by Crippen LogP contribution is 2.07. The molecule has 1 nitrogen and oxygen atoms in total. The second-order valence-electron chi connectivity index (χ2n) is 2.43. The van der Waals surface area contributed by atoms with Crippen molar-refractivity contribution in [2.24, 2.45) is 0 Å². The van der Waals surface area contributed by atoms with Gasteiger partial charge < -0.3 is 4.74 Å². The number of rotatable bonds is 4. The lowest BCUT2D eigenvalue weighted by molar-refractivity contribution is 0.237. The van der Waals surface area contributed by atoms with E-state index in [1.165, 1.54) is 6.26 Å². The molecule has 1 rings (SSSR count). The number of halogens is 1. The Hall–Kier alpha value is -0.950. The second-order valence-corrected chi connectivity index (χ2v) is 2.70. The summed E-state index contributed by atoms with van der Waals surface area (Å²) in [5, 5.41) is 0. The molecule has 0 aliphatic heterocycles. The third-order valence-electron chi connectivity index (χ3n) is 1.55. The molecule has 0 aliphatic rings. The maximum atomic E-state index is 5.64. The molecule has 0 fully saturated rings. The Morgan fingerprint density at radius 1 is 1.25 bits per heavy atom. The molecule has 0 radical (unpaired) electrons. The van der Waals surface area contributed by atoms with Crippen LogP contribution in [0.15, 0.2) is 37.1 Å². The van der Waals surface area contributed by atoms with Crippen LogP contribution in [0.1, 0.15) is 11.1 Å². The molecule has 0 unspecified atom stereocenters. The first-order chi connectivity index (χ1) is 5.86. The van der Waals surface area contributed by atoms with Crippen molar-refractivity contribution < 1.29 is 4.74 Å². The number of hydrogen-bond acceptors (Lipinski definition) is 1. The van der Waals surface area contributed by atoms with Gasteiger partial charge in [-0.2, -0.15) is 0 Å². The highest BCUT2D eigenvalue weighted by molar-refractivity contribution is 6.17. The molecule has 1 aromatic rings. The molecule has 0 aromatic heterocycles. The van der Waals surface area contributed by atoms with E-state index in [0.717, 1.165) is 11.1 Å². The third-order valence-corrected chi connectivity index (χ3v) is 1.85. The first-order valence-corrected chi connectivity index (χ1v) is 4.26. The SMILES string of the molecule is C=COCc1ccc(CCl)cc1. The molecule has 1 aromatic carbocycles. The summed E-state index contributed by atoms with van der Waals surface area (Å²) < 4.78 is 5.02. The monoisotopic (exact) mass is 182 g/mol. The molecule has 2 heteroatoms. The molecule has 0 aliphatic carbocycles. The first-order valence-electron chi connectivity index (χ1n) is 3.73. The predicted octanol–water partition coefficient (Wildman–Crippen LogP) is 3.09. The predicted molar refractivity (Wildman–Crippen MR) is 51.0 cm³/mol. The standard InChI is InChI=1S/C10H11ClO/c1-2-12-8-10-5-3-9(7-11)4-6-10/h2-6H,1,7-8H2. The van der Waals surface area contributed by atoms with Gasteiger partial charge in [0.15, 0.2) is 0 Å². The molecule has 0 atom stereocenters. The van der Waals surface area contributed by atoms with Gasteiger partial charge in [0.2, 0.25) is 0 Å². The summed E-state index contributed by atoms with van der Waals surface area (Å²) >= 11 is 5.64. The highest BCUT2D eigenvalue weighted by atomic mass is 35.5. The minimum atomic E-state index is 0.558. The minimum Gasteiger partial charge on any atom is -0.497 e. The van der Waals surface area contributed by atoms with Crippen LogP contribution >= 0.6 is 11.6 Å². The maximum Gasteiger partial charge on any atom is 0.112 e. The molecule has 0 amide bonds. The molecule has 12 heavy (non-hydrogen) atoms. The first kappa shape index (κ1) is 9.14. The summed E-state index contributed by atoms with van der Waals surface area (Å²) in [5.74, 6) is 0.558. The van der Waals surface area contributed by atoms with Crippen molar-refractivity contribution in [1.29, 1.82) is 0 Å². The fourth-order valence-corrected chi connectivity index (χ4v) is 1.06. The highest BCUT2D eigenvalue weighted by Gasteiger charge is 1.92. The Morgan fingerprint density at radius 2 is 1.83 bits per heavy atom. The van der Waals surface area contributed by atoms with Gasteiger partial charge in [-0.15, -0.1) is 11.6 Å². The van der Waals surface area contributed by atoms with E-state index in [1.54, 1.807) is 0 Å². The lowest BCUT2D eigenvalue weighted by Crippen LogP contribution is -1.86. The number of benzene rings is 1.